The SMILES string of the molecule is CCNC(Cc1nnn(C)n1)c1ccc(Br)cc1F. The molecule has 5 nitrogen and oxygen atoms in total. The number of tetrazole rings is 1. The lowest BCUT2D eigenvalue weighted by Crippen LogP contribution is -2.24. The molecular weight excluding hydrogens is 313 g/mol. The summed E-state index contributed by atoms with van der Waals surface area (Å²) in [5.41, 5.74) is 0.609. The van der Waals surface area contributed by atoms with E-state index in [1.165, 1.54) is 10.9 Å². The number of aryl methyl sites for hydroxylation is 1. The van der Waals surface area contributed by atoms with E-state index in [4.69, 9.17) is 0 Å². The van der Waals surface area contributed by atoms with Gasteiger partial charge in [0.15, 0.2) is 5.82 Å². The Balaban J connectivity index is 2.23. The minimum absolute atomic E-state index is 0.165. The fourth-order valence-electron chi connectivity index (χ4n) is 1.91. The van der Waals surface area contributed by atoms with Crippen molar-refractivity contribution in [1.82, 2.24) is 25.5 Å². The van der Waals surface area contributed by atoms with E-state index in [0.717, 1.165) is 11.0 Å². The average molecular weight is 328 g/mol. The molecule has 0 fully saturated rings. The van der Waals surface area contributed by atoms with Crippen LogP contribution in [0.3, 0.4) is 0 Å². The minimum atomic E-state index is -0.246. The van der Waals surface area contributed by atoms with Crippen molar-refractivity contribution in [2.75, 3.05) is 6.54 Å². The van der Waals surface area contributed by atoms with Gasteiger partial charge in [0.1, 0.15) is 5.82 Å². The Hall–Kier alpha value is -1.34. The van der Waals surface area contributed by atoms with E-state index in [9.17, 15) is 4.39 Å². The standard InChI is InChI=1S/C12H15BrFN5/c1-3-15-11(7-12-16-18-19(2)17-12)9-5-4-8(13)6-10(9)14/h4-6,11,15H,3,7H2,1-2H3. The molecule has 0 aliphatic rings. The van der Waals surface area contributed by atoms with Crippen LogP contribution in [0.2, 0.25) is 0 Å². The lowest BCUT2D eigenvalue weighted by molar-refractivity contribution is 0.500. The van der Waals surface area contributed by atoms with Crippen molar-refractivity contribution in [1.29, 1.82) is 0 Å². The van der Waals surface area contributed by atoms with E-state index >= 15 is 0 Å². The average Bonchev–Trinajstić information content (AvgIpc) is 2.74. The number of aromatic nitrogens is 4. The molecule has 0 saturated heterocycles. The van der Waals surface area contributed by atoms with Gasteiger partial charge in [-0.25, -0.2) is 4.39 Å². The number of benzene rings is 1. The van der Waals surface area contributed by atoms with Crippen LogP contribution in [0, 0.1) is 5.82 Å². The number of nitrogens with zero attached hydrogens (tertiary/aromatic N) is 4. The Morgan fingerprint density at radius 3 is 2.84 bits per heavy atom. The monoisotopic (exact) mass is 327 g/mol. The summed E-state index contributed by atoms with van der Waals surface area (Å²) in [6.07, 6.45) is 0.500. The Kier molecular flexibility index (Phi) is 4.60. The first-order valence-electron chi connectivity index (χ1n) is 6.01. The molecule has 1 unspecified atom stereocenters. The Morgan fingerprint density at radius 2 is 2.26 bits per heavy atom. The third kappa shape index (κ3) is 3.57. The largest absolute Gasteiger partial charge is 0.310 e. The van der Waals surface area contributed by atoms with Crippen molar-refractivity contribution in [2.24, 2.45) is 7.05 Å². The van der Waals surface area contributed by atoms with Gasteiger partial charge >= 0.3 is 0 Å². The second kappa shape index (κ2) is 6.21. The second-order valence-corrected chi connectivity index (χ2v) is 5.09. The molecule has 0 amide bonds. The van der Waals surface area contributed by atoms with E-state index in [0.29, 0.717) is 17.8 Å². The van der Waals surface area contributed by atoms with Gasteiger partial charge in [0.05, 0.1) is 7.05 Å². The van der Waals surface area contributed by atoms with Crippen LogP contribution >= 0.6 is 15.9 Å². The van der Waals surface area contributed by atoms with Crippen LogP contribution in [0.1, 0.15) is 24.4 Å². The molecule has 1 aromatic carbocycles. The molecule has 1 atom stereocenters. The van der Waals surface area contributed by atoms with E-state index < -0.39 is 0 Å². The highest BCUT2D eigenvalue weighted by atomic mass is 79.9. The fraction of sp³-hybridized carbons (Fsp3) is 0.417. The number of rotatable bonds is 5. The Bertz CT molecular complexity index is 557. The first kappa shape index (κ1) is 14.1. The molecule has 0 radical (unpaired) electrons. The highest BCUT2D eigenvalue weighted by Crippen LogP contribution is 2.23. The summed E-state index contributed by atoms with van der Waals surface area (Å²) in [7, 11) is 1.71. The van der Waals surface area contributed by atoms with Gasteiger partial charge in [-0.15, -0.1) is 10.2 Å². The maximum Gasteiger partial charge on any atom is 0.176 e. The molecule has 0 aliphatic heterocycles. The van der Waals surface area contributed by atoms with E-state index in [1.54, 1.807) is 13.1 Å². The lowest BCUT2D eigenvalue weighted by Gasteiger charge is -2.17. The molecule has 2 aromatic rings. The van der Waals surface area contributed by atoms with Crippen LogP contribution in [-0.2, 0) is 13.5 Å². The summed E-state index contributed by atoms with van der Waals surface area (Å²) in [4.78, 5) is 1.40. The summed E-state index contributed by atoms with van der Waals surface area (Å²) in [5, 5.41) is 15.1. The highest BCUT2D eigenvalue weighted by molar-refractivity contribution is 9.10. The third-order valence-electron chi connectivity index (χ3n) is 2.72. The second-order valence-electron chi connectivity index (χ2n) is 4.18. The van der Waals surface area contributed by atoms with Gasteiger partial charge in [-0.3, -0.25) is 0 Å². The number of likely N-dealkylation sites (N-methyl/N-ethyl adjacent to an activating group) is 1. The molecule has 0 bridgehead atoms. The summed E-state index contributed by atoms with van der Waals surface area (Å²) in [6.45, 7) is 2.72. The van der Waals surface area contributed by atoms with Crippen LogP contribution in [0.15, 0.2) is 22.7 Å². The normalized spacial score (nSPS) is 12.6. The zero-order chi connectivity index (χ0) is 13.8. The molecule has 0 saturated carbocycles. The molecule has 19 heavy (non-hydrogen) atoms. The summed E-state index contributed by atoms with van der Waals surface area (Å²) in [6, 6.07) is 4.89. The summed E-state index contributed by atoms with van der Waals surface area (Å²) < 4.78 is 14.7. The zero-order valence-electron chi connectivity index (χ0n) is 10.8. The van der Waals surface area contributed by atoms with Crippen molar-refractivity contribution < 1.29 is 4.39 Å². The predicted molar refractivity (Wildman–Crippen MR) is 73.0 cm³/mol. The molecule has 1 heterocycles. The van der Waals surface area contributed by atoms with Crippen molar-refractivity contribution in [2.45, 2.75) is 19.4 Å². The predicted octanol–water partition coefficient (Wildman–Crippen LogP) is 2.00. The number of halogens is 2. The van der Waals surface area contributed by atoms with Crippen molar-refractivity contribution in [3.63, 3.8) is 0 Å². The van der Waals surface area contributed by atoms with Gasteiger partial charge in [-0.2, -0.15) is 4.80 Å². The molecule has 0 spiro atoms. The van der Waals surface area contributed by atoms with E-state index in [1.807, 2.05) is 13.0 Å². The lowest BCUT2D eigenvalue weighted by atomic mass is 10.0. The number of hydrogen-bond acceptors (Lipinski definition) is 4. The topological polar surface area (TPSA) is 55.6 Å². The minimum Gasteiger partial charge on any atom is -0.310 e. The smallest absolute Gasteiger partial charge is 0.176 e. The maximum absolute atomic E-state index is 14.0. The van der Waals surface area contributed by atoms with Crippen molar-refractivity contribution in [3.8, 4) is 0 Å². The van der Waals surface area contributed by atoms with Gasteiger partial charge < -0.3 is 5.32 Å². The maximum atomic E-state index is 14.0. The quantitative estimate of drug-likeness (QED) is 0.912. The van der Waals surface area contributed by atoms with E-state index in [-0.39, 0.29) is 11.9 Å². The molecule has 7 heteroatoms. The van der Waals surface area contributed by atoms with Crippen LogP contribution in [0.5, 0.6) is 0 Å². The van der Waals surface area contributed by atoms with Crippen LogP contribution in [0.25, 0.3) is 0 Å². The zero-order valence-corrected chi connectivity index (χ0v) is 12.4. The number of hydrogen-bond donors (Lipinski definition) is 1. The molecule has 1 N–H and O–H groups in total. The molecule has 0 aliphatic carbocycles. The third-order valence-corrected chi connectivity index (χ3v) is 3.22. The first-order valence-corrected chi connectivity index (χ1v) is 6.80. The first-order chi connectivity index (χ1) is 9.10. The van der Waals surface area contributed by atoms with Crippen LogP contribution in [-0.4, -0.2) is 26.8 Å². The van der Waals surface area contributed by atoms with Crippen molar-refractivity contribution >= 4 is 15.9 Å². The van der Waals surface area contributed by atoms with Gasteiger partial charge in [0.25, 0.3) is 0 Å². The summed E-state index contributed by atoms with van der Waals surface area (Å²) >= 11 is 3.26. The van der Waals surface area contributed by atoms with Gasteiger partial charge in [0.2, 0.25) is 0 Å². The van der Waals surface area contributed by atoms with Gasteiger partial charge in [-0.05, 0) is 23.9 Å². The fourth-order valence-corrected chi connectivity index (χ4v) is 2.24. The van der Waals surface area contributed by atoms with Crippen LogP contribution < -0.4 is 5.32 Å². The van der Waals surface area contributed by atoms with Crippen molar-refractivity contribution in [3.05, 3.63) is 39.9 Å². The molecule has 1 aromatic heterocycles. The number of nitrogens with one attached hydrogen (secondary N) is 1. The molecule has 2 rings (SSSR count). The summed E-state index contributed by atoms with van der Waals surface area (Å²) in [5.74, 6) is 0.347. The molecule has 102 valence electrons. The molecular formula is C12H15BrFN5. The highest BCUT2D eigenvalue weighted by Gasteiger charge is 2.18. The Morgan fingerprint density at radius 1 is 1.47 bits per heavy atom. The van der Waals surface area contributed by atoms with Gasteiger partial charge in [0, 0.05) is 22.5 Å². The van der Waals surface area contributed by atoms with E-state index in [2.05, 4.69) is 36.7 Å². The Labute approximate surface area is 119 Å². The van der Waals surface area contributed by atoms with Crippen LogP contribution in [0.4, 0.5) is 4.39 Å². The van der Waals surface area contributed by atoms with Gasteiger partial charge in [-0.1, -0.05) is 28.9 Å².